The fraction of sp³-hybridized carbons (Fsp3) is 0.492. The predicted molar refractivity (Wildman–Crippen MR) is 331 cm³/mol. The molecule has 0 unspecified atom stereocenters. The quantitative estimate of drug-likeness (QED) is 0.137. The summed E-state index contributed by atoms with van der Waals surface area (Å²) in [5.74, 6) is 1.88. The summed E-state index contributed by atoms with van der Waals surface area (Å²) in [4.78, 5) is 38.3. The molecule has 3 fully saturated rings. The lowest BCUT2D eigenvalue weighted by Crippen LogP contribution is -2.51. The first kappa shape index (κ1) is 57.5. The number of aromatic nitrogens is 8. The molecule has 14 heteroatoms. The number of hydrogen-bond donors (Lipinski definition) is 3. The Labute approximate surface area is 480 Å². The predicted octanol–water partition coefficient (Wildman–Crippen LogP) is 20.4. The average Bonchev–Trinajstić information content (AvgIpc) is 4.23. The van der Waals surface area contributed by atoms with Crippen molar-refractivity contribution in [1.82, 2.24) is 39.1 Å². The van der Waals surface area contributed by atoms with Gasteiger partial charge >= 0.3 is 0 Å². The number of rotatable bonds is 7. The van der Waals surface area contributed by atoms with Gasteiger partial charge in [0.1, 0.15) is 5.78 Å². The largest absolute Gasteiger partial charge is 0.372 e. The molecule has 0 aliphatic heterocycles. The van der Waals surface area contributed by atoms with E-state index in [9.17, 15) is 4.79 Å². The number of aromatic amines is 3. The molecule has 8 aromatic rings. The van der Waals surface area contributed by atoms with Crippen molar-refractivity contribution in [3.8, 4) is 0 Å². The number of fused-ring (bicyclic) bond motifs is 4. The van der Waals surface area contributed by atoms with Gasteiger partial charge in [-0.05, 0) is 203 Å². The summed E-state index contributed by atoms with van der Waals surface area (Å²) in [5.41, 5.74) is 16.9. The molecule has 0 bridgehead atoms. The molecule has 12 rings (SSSR count). The van der Waals surface area contributed by atoms with Crippen LogP contribution < -0.4 is 0 Å². The lowest BCUT2D eigenvalue weighted by Gasteiger charge is -2.44. The Morgan fingerprint density at radius 2 is 1.05 bits per heavy atom. The van der Waals surface area contributed by atoms with Crippen LogP contribution in [0.5, 0.6) is 0 Å². The Morgan fingerprint density at radius 1 is 0.547 bits per heavy atom. The average molecular weight is 1290 g/mol. The van der Waals surface area contributed by atoms with Gasteiger partial charge in [0.25, 0.3) is 0 Å². The van der Waals surface area contributed by atoms with E-state index >= 15 is 0 Å². The number of hydrogen-bond acceptors (Lipinski definition) is 5. The third-order valence-corrected chi connectivity index (χ3v) is 24.8. The number of ketones is 1. The van der Waals surface area contributed by atoms with Gasteiger partial charge in [0.2, 0.25) is 0 Å². The molecular weight excluding hydrogens is 1210 g/mol. The molecule has 75 heavy (non-hydrogen) atoms. The second-order valence-corrected chi connectivity index (χ2v) is 31.6. The van der Waals surface area contributed by atoms with E-state index in [1.807, 2.05) is 36.9 Å². The van der Waals surface area contributed by atoms with Gasteiger partial charge in [-0.2, -0.15) is 0 Å². The van der Waals surface area contributed by atoms with Crippen LogP contribution in [0.1, 0.15) is 192 Å². The summed E-state index contributed by atoms with van der Waals surface area (Å²) in [6.07, 6.45) is 42.4. The molecule has 9 nitrogen and oxygen atoms in total. The van der Waals surface area contributed by atoms with Crippen molar-refractivity contribution in [1.29, 1.82) is 0 Å². The SMILES string of the molecule is Brc1cnc2c(C3=CCCCC3)c[nH]c2c1.Brc1cnc2c(C3CCCCC3)c[nH]c2c1.Brc1cnc2cc[nH]c2c1.CC(C)[Si](C(C)C)(C(C)C)n1cc(C2CCCCC2)c2ncc(Br)cc21.O=C1CCCCC1. The Balaban J connectivity index is 0.000000132. The summed E-state index contributed by atoms with van der Waals surface area (Å²) < 4.78 is 6.91. The van der Waals surface area contributed by atoms with Crippen molar-refractivity contribution < 1.29 is 4.79 Å². The maximum Gasteiger partial charge on any atom is 0.169 e. The normalized spacial score (nSPS) is 16.8. The van der Waals surface area contributed by atoms with E-state index < -0.39 is 8.24 Å². The molecule has 4 aliphatic carbocycles. The molecule has 400 valence electrons. The van der Waals surface area contributed by atoms with E-state index in [4.69, 9.17) is 4.98 Å². The van der Waals surface area contributed by atoms with E-state index in [0.717, 1.165) is 82.6 Å². The Hall–Kier alpha value is -3.69. The van der Waals surface area contributed by atoms with Gasteiger partial charge in [-0.3, -0.25) is 24.7 Å². The third-order valence-electron chi connectivity index (χ3n) is 16.3. The zero-order valence-electron chi connectivity index (χ0n) is 45.1. The van der Waals surface area contributed by atoms with Gasteiger partial charge in [-0.1, -0.05) is 92.6 Å². The number of Topliss-reactive ketones (excluding diaryl/α,β-unsaturated/α-hetero) is 1. The molecule has 0 amide bonds. The summed E-state index contributed by atoms with van der Waals surface area (Å²) in [5, 5.41) is 0. The molecule has 0 aromatic carbocycles. The lowest BCUT2D eigenvalue weighted by molar-refractivity contribution is -0.120. The molecule has 0 saturated heterocycles. The van der Waals surface area contributed by atoms with Gasteiger partial charge < -0.3 is 19.2 Å². The van der Waals surface area contributed by atoms with Crippen LogP contribution in [-0.4, -0.2) is 53.1 Å². The van der Waals surface area contributed by atoms with Crippen LogP contribution in [0.4, 0.5) is 0 Å². The van der Waals surface area contributed by atoms with Crippen LogP contribution in [-0.2, 0) is 4.79 Å². The molecule has 8 heterocycles. The summed E-state index contributed by atoms with van der Waals surface area (Å²) in [7, 11) is -1.78. The minimum atomic E-state index is -1.78. The number of pyridine rings is 4. The van der Waals surface area contributed by atoms with Crippen molar-refractivity contribution in [2.75, 3.05) is 0 Å². The van der Waals surface area contributed by atoms with E-state index in [0.29, 0.717) is 28.3 Å². The number of nitrogens with zero attached hydrogens (tertiary/aromatic N) is 5. The van der Waals surface area contributed by atoms with Gasteiger partial charge in [-0.15, -0.1) is 0 Å². The number of carbonyl (C=O) groups excluding carboxylic acids is 1. The highest BCUT2D eigenvalue weighted by Crippen LogP contribution is 2.47. The standard InChI is InChI=1S/C22H35BrN2Si.C13H15BrN2.C13H13BrN2.C7H5BrN2.C6H10O/c1-15(2)26(16(3)4,17(5)6)25-14-20(18-10-8-7-9-11-18)22-21(25)12-19(23)13-24-22;2*14-10-6-12-13(16-7-10)11(8-15-12)9-4-2-1-3-5-9;8-5-3-7-6(10-4-5)1-2-9-7;7-6-4-2-1-3-5-6/h12-18H,7-11H2,1-6H3;6-9,15H,1-5H2;4,6-8,15H,1-3,5H2;1-4,9H;1-5H2. The van der Waals surface area contributed by atoms with E-state index in [1.165, 1.54) is 130 Å². The Morgan fingerprint density at radius 3 is 1.63 bits per heavy atom. The van der Waals surface area contributed by atoms with Crippen molar-refractivity contribution in [3.63, 3.8) is 0 Å². The number of nitrogens with one attached hydrogen (secondary N) is 3. The van der Waals surface area contributed by atoms with Crippen LogP contribution in [0.3, 0.4) is 0 Å². The van der Waals surface area contributed by atoms with E-state index in [-0.39, 0.29) is 0 Å². The maximum absolute atomic E-state index is 10.5. The number of H-pyrrole nitrogens is 3. The zero-order valence-corrected chi connectivity index (χ0v) is 52.4. The fourth-order valence-corrected chi connectivity index (χ4v) is 20.8. The van der Waals surface area contributed by atoms with Gasteiger partial charge in [0, 0.05) is 85.9 Å². The minimum absolute atomic E-state index is 0.464. The first-order valence-corrected chi connectivity index (χ1v) is 33.3. The highest BCUT2D eigenvalue weighted by Gasteiger charge is 2.46. The van der Waals surface area contributed by atoms with Crippen molar-refractivity contribution in [3.05, 3.63) is 121 Å². The van der Waals surface area contributed by atoms with Crippen molar-refractivity contribution in [2.24, 2.45) is 0 Å². The first-order valence-electron chi connectivity index (χ1n) is 28.0. The fourth-order valence-electron chi connectivity index (χ4n) is 12.9. The topological polar surface area (TPSA) is 121 Å². The number of carbonyl (C=O) groups is 1. The highest BCUT2D eigenvalue weighted by atomic mass is 79.9. The van der Waals surface area contributed by atoms with Gasteiger partial charge in [0.15, 0.2) is 8.24 Å². The van der Waals surface area contributed by atoms with Crippen LogP contribution >= 0.6 is 63.7 Å². The lowest BCUT2D eigenvalue weighted by atomic mass is 9.85. The highest BCUT2D eigenvalue weighted by molar-refractivity contribution is 9.11. The molecule has 4 aliphatic rings. The first-order chi connectivity index (χ1) is 36.2. The summed E-state index contributed by atoms with van der Waals surface area (Å²) in [6.45, 7) is 14.7. The third kappa shape index (κ3) is 14.1. The summed E-state index contributed by atoms with van der Waals surface area (Å²) in [6, 6.07) is 10.5. The second kappa shape index (κ2) is 27.3. The molecule has 0 radical (unpaired) electrons. The Bertz CT molecular complexity index is 3120. The minimum Gasteiger partial charge on any atom is -0.372 e. The van der Waals surface area contributed by atoms with Crippen LogP contribution in [0, 0.1) is 0 Å². The van der Waals surface area contributed by atoms with Crippen LogP contribution in [0.15, 0.2) is 104 Å². The van der Waals surface area contributed by atoms with Gasteiger partial charge in [-0.25, -0.2) is 0 Å². The Kier molecular flexibility index (Phi) is 20.9. The van der Waals surface area contributed by atoms with Crippen LogP contribution in [0.2, 0.25) is 16.6 Å². The number of halogens is 4. The summed E-state index contributed by atoms with van der Waals surface area (Å²) >= 11 is 13.9. The monoisotopic (exact) mass is 1280 g/mol. The molecule has 0 atom stereocenters. The molecule has 0 spiro atoms. The maximum atomic E-state index is 10.5. The van der Waals surface area contributed by atoms with Gasteiger partial charge in [0.05, 0.1) is 44.1 Å². The van der Waals surface area contributed by atoms with Crippen molar-refractivity contribution in [2.45, 2.75) is 192 Å². The molecular formula is C61H78Br4N8OSi. The number of allylic oxidation sites excluding steroid dienone is 2. The van der Waals surface area contributed by atoms with E-state index in [1.54, 1.807) is 6.20 Å². The zero-order chi connectivity index (χ0) is 53.1. The van der Waals surface area contributed by atoms with E-state index in [2.05, 4.69) is 182 Å². The van der Waals surface area contributed by atoms with Crippen LogP contribution in [0.25, 0.3) is 49.7 Å². The molecule has 8 aromatic heterocycles. The van der Waals surface area contributed by atoms with Crippen molar-refractivity contribution >= 4 is 127 Å². The second-order valence-electron chi connectivity index (χ2n) is 22.2. The molecule has 3 N–H and O–H groups in total. The smallest absolute Gasteiger partial charge is 0.169 e. The molecule has 3 saturated carbocycles.